The van der Waals surface area contributed by atoms with Crippen LogP contribution in [0.2, 0.25) is 0 Å². The van der Waals surface area contributed by atoms with Crippen LogP contribution in [-0.4, -0.2) is 46.3 Å². The highest BCUT2D eigenvalue weighted by Gasteiger charge is 2.27. The SMILES string of the molecule is CC(O)CCN1CCCCC1C(=O)O. The summed E-state index contributed by atoms with van der Waals surface area (Å²) in [5, 5.41) is 18.1. The Hall–Kier alpha value is -0.610. The average Bonchev–Trinajstić information content (AvgIpc) is 2.15. The number of nitrogens with zero attached hydrogens (tertiary/aromatic N) is 1. The number of aliphatic carboxylic acids is 1. The molecule has 2 atom stereocenters. The number of hydrogen-bond donors (Lipinski definition) is 2. The summed E-state index contributed by atoms with van der Waals surface area (Å²) in [6.45, 7) is 3.28. The standard InChI is InChI=1S/C10H19NO3/c1-8(12)5-7-11-6-3-2-4-9(11)10(13)14/h8-9,12H,2-7H2,1H3,(H,13,14). The first-order valence-electron chi connectivity index (χ1n) is 5.26. The number of carboxylic acid groups (broad SMARTS) is 1. The quantitative estimate of drug-likeness (QED) is 0.702. The van der Waals surface area contributed by atoms with Crippen molar-refractivity contribution in [2.75, 3.05) is 13.1 Å². The Bertz CT molecular complexity index is 194. The molecule has 1 fully saturated rings. The fourth-order valence-corrected chi connectivity index (χ4v) is 1.89. The van der Waals surface area contributed by atoms with Crippen molar-refractivity contribution in [2.24, 2.45) is 0 Å². The van der Waals surface area contributed by atoms with E-state index in [1.807, 2.05) is 4.90 Å². The molecule has 2 unspecified atom stereocenters. The molecule has 14 heavy (non-hydrogen) atoms. The van der Waals surface area contributed by atoms with Gasteiger partial charge in [-0.15, -0.1) is 0 Å². The Labute approximate surface area is 84.5 Å². The third kappa shape index (κ3) is 3.27. The van der Waals surface area contributed by atoms with Gasteiger partial charge in [-0.25, -0.2) is 0 Å². The van der Waals surface area contributed by atoms with Gasteiger partial charge in [-0.3, -0.25) is 9.69 Å². The molecule has 0 aromatic rings. The van der Waals surface area contributed by atoms with Crippen LogP contribution in [0.5, 0.6) is 0 Å². The van der Waals surface area contributed by atoms with Crippen LogP contribution in [-0.2, 0) is 4.79 Å². The highest BCUT2D eigenvalue weighted by atomic mass is 16.4. The van der Waals surface area contributed by atoms with Crippen molar-refractivity contribution >= 4 is 5.97 Å². The topological polar surface area (TPSA) is 60.8 Å². The Morgan fingerprint density at radius 3 is 2.86 bits per heavy atom. The smallest absolute Gasteiger partial charge is 0.320 e. The van der Waals surface area contributed by atoms with Crippen molar-refractivity contribution < 1.29 is 15.0 Å². The van der Waals surface area contributed by atoms with Crippen LogP contribution in [0, 0.1) is 0 Å². The maximum Gasteiger partial charge on any atom is 0.320 e. The monoisotopic (exact) mass is 201 g/mol. The van der Waals surface area contributed by atoms with Crippen molar-refractivity contribution in [3.8, 4) is 0 Å². The molecule has 1 aliphatic rings. The van der Waals surface area contributed by atoms with Gasteiger partial charge >= 0.3 is 5.97 Å². The molecule has 0 spiro atoms. The Morgan fingerprint density at radius 1 is 1.57 bits per heavy atom. The fraction of sp³-hybridized carbons (Fsp3) is 0.900. The average molecular weight is 201 g/mol. The molecule has 2 N–H and O–H groups in total. The molecule has 0 amide bonds. The van der Waals surface area contributed by atoms with E-state index in [4.69, 9.17) is 10.2 Å². The number of carboxylic acids is 1. The second kappa shape index (κ2) is 5.32. The molecule has 0 radical (unpaired) electrons. The maximum atomic E-state index is 10.9. The zero-order chi connectivity index (χ0) is 10.6. The van der Waals surface area contributed by atoms with Crippen molar-refractivity contribution in [3.63, 3.8) is 0 Å². The minimum atomic E-state index is -0.727. The number of carbonyl (C=O) groups is 1. The van der Waals surface area contributed by atoms with E-state index in [1.54, 1.807) is 6.92 Å². The van der Waals surface area contributed by atoms with E-state index < -0.39 is 5.97 Å². The first kappa shape index (κ1) is 11.5. The third-order valence-corrected chi connectivity index (χ3v) is 2.73. The van der Waals surface area contributed by atoms with Crippen LogP contribution >= 0.6 is 0 Å². The predicted molar refractivity (Wildman–Crippen MR) is 53.1 cm³/mol. The highest BCUT2D eigenvalue weighted by molar-refractivity contribution is 5.73. The number of rotatable bonds is 4. The van der Waals surface area contributed by atoms with Gasteiger partial charge in [-0.05, 0) is 32.7 Å². The van der Waals surface area contributed by atoms with Gasteiger partial charge < -0.3 is 10.2 Å². The fourth-order valence-electron chi connectivity index (χ4n) is 1.89. The van der Waals surface area contributed by atoms with Crippen LogP contribution < -0.4 is 0 Å². The molecule has 0 aromatic heterocycles. The van der Waals surface area contributed by atoms with Gasteiger partial charge in [0.15, 0.2) is 0 Å². The molecule has 4 nitrogen and oxygen atoms in total. The molecule has 4 heteroatoms. The van der Waals surface area contributed by atoms with Crippen LogP contribution in [0.15, 0.2) is 0 Å². The lowest BCUT2D eigenvalue weighted by Gasteiger charge is -2.33. The van der Waals surface area contributed by atoms with E-state index in [0.29, 0.717) is 13.0 Å². The summed E-state index contributed by atoms with van der Waals surface area (Å²) < 4.78 is 0. The maximum absolute atomic E-state index is 10.9. The van der Waals surface area contributed by atoms with E-state index in [2.05, 4.69) is 0 Å². The molecule has 1 aliphatic heterocycles. The Kier molecular flexibility index (Phi) is 4.35. The summed E-state index contributed by atoms with van der Waals surface area (Å²) in [5.74, 6) is -0.727. The lowest BCUT2D eigenvalue weighted by atomic mass is 10.0. The molecule has 1 saturated heterocycles. The molecular formula is C10H19NO3. The largest absolute Gasteiger partial charge is 0.480 e. The van der Waals surface area contributed by atoms with E-state index >= 15 is 0 Å². The summed E-state index contributed by atoms with van der Waals surface area (Å²) in [7, 11) is 0. The van der Waals surface area contributed by atoms with Crippen molar-refractivity contribution in [3.05, 3.63) is 0 Å². The zero-order valence-corrected chi connectivity index (χ0v) is 8.65. The zero-order valence-electron chi connectivity index (χ0n) is 8.65. The predicted octanol–water partition coefficient (Wildman–Crippen LogP) is 0.696. The second-order valence-corrected chi connectivity index (χ2v) is 4.02. The van der Waals surface area contributed by atoms with Crippen molar-refractivity contribution in [1.82, 2.24) is 4.90 Å². The lowest BCUT2D eigenvalue weighted by molar-refractivity contribution is -0.144. The molecule has 82 valence electrons. The lowest BCUT2D eigenvalue weighted by Crippen LogP contribution is -2.45. The Morgan fingerprint density at radius 2 is 2.29 bits per heavy atom. The summed E-state index contributed by atoms with van der Waals surface area (Å²) in [6.07, 6.45) is 3.14. The Balaban J connectivity index is 2.42. The number of aliphatic hydroxyl groups excluding tert-OH is 1. The van der Waals surface area contributed by atoms with Gasteiger partial charge in [0.2, 0.25) is 0 Å². The molecule has 0 aliphatic carbocycles. The first-order chi connectivity index (χ1) is 6.61. The number of hydrogen-bond acceptors (Lipinski definition) is 3. The molecule has 0 aromatic carbocycles. The van der Waals surface area contributed by atoms with Crippen molar-refractivity contribution in [2.45, 2.75) is 44.8 Å². The molecular weight excluding hydrogens is 182 g/mol. The van der Waals surface area contributed by atoms with Gasteiger partial charge in [0.05, 0.1) is 6.10 Å². The van der Waals surface area contributed by atoms with Crippen molar-refractivity contribution in [1.29, 1.82) is 0 Å². The highest BCUT2D eigenvalue weighted by Crippen LogP contribution is 2.17. The van der Waals surface area contributed by atoms with Crippen LogP contribution in [0.3, 0.4) is 0 Å². The number of likely N-dealkylation sites (tertiary alicyclic amines) is 1. The molecule has 1 rings (SSSR count). The van der Waals surface area contributed by atoms with Gasteiger partial charge in [0.25, 0.3) is 0 Å². The number of piperidine rings is 1. The second-order valence-electron chi connectivity index (χ2n) is 4.02. The molecule has 1 heterocycles. The van der Waals surface area contributed by atoms with Crippen LogP contribution in [0.4, 0.5) is 0 Å². The summed E-state index contributed by atoms with van der Waals surface area (Å²) in [4.78, 5) is 12.9. The first-order valence-corrected chi connectivity index (χ1v) is 5.26. The van der Waals surface area contributed by atoms with Gasteiger partial charge in [0, 0.05) is 6.54 Å². The van der Waals surface area contributed by atoms with Crippen LogP contribution in [0.25, 0.3) is 0 Å². The third-order valence-electron chi connectivity index (χ3n) is 2.73. The van der Waals surface area contributed by atoms with E-state index in [-0.39, 0.29) is 12.1 Å². The minimum Gasteiger partial charge on any atom is -0.480 e. The van der Waals surface area contributed by atoms with Crippen LogP contribution in [0.1, 0.15) is 32.6 Å². The summed E-state index contributed by atoms with van der Waals surface area (Å²) >= 11 is 0. The van der Waals surface area contributed by atoms with Gasteiger partial charge in [0.1, 0.15) is 6.04 Å². The normalized spacial score (nSPS) is 26.0. The summed E-state index contributed by atoms with van der Waals surface area (Å²) in [6, 6.07) is -0.331. The summed E-state index contributed by atoms with van der Waals surface area (Å²) in [5.41, 5.74) is 0. The molecule has 0 bridgehead atoms. The van der Waals surface area contributed by atoms with E-state index in [0.717, 1.165) is 25.8 Å². The van der Waals surface area contributed by atoms with Gasteiger partial charge in [-0.2, -0.15) is 0 Å². The van der Waals surface area contributed by atoms with E-state index in [9.17, 15) is 4.79 Å². The van der Waals surface area contributed by atoms with Gasteiger partial charge in [-0.1, -0.05) is 6.42 Å². The number of aliphatic hydroxyl groups is 1. The minimum absolute atomic E-state index is 0.331. The molecule has 0 saturated carbocycles. The van der Waals surface area contributed by atoms with E-state index in [1.165, 1.54) is 0 Å².